The molecule has 2 aliphatic carbocycles. The summed E-state index contributed by atoms with van der Waals surface area (Å²) in [6, 6.07) is 40.1. The second-order valence-corrected chi connectivity index (χ2v) is 14.4. The Hall–Kier alpha value is -4.68. The van der Waals surface area contributed by atoms with Crippen LogP contribution in [0.4, 0.5) is 0 Å². The summed E-state index contributed by atoms with van der Waals surface area (Å²) in [7, 11) is 0. The number of hydrogen-bond acceptors (Lipinski definition) is 0. The number of fused-ring (bicyclic) bond motifs is 2. The highest BCUT2D eigenvalue weighted by molar-refractivity contribution is 5.91. The van der Waals surface area contributed by atoms with Crippen molar-refractivity contribution in [1.82, 2.24) is 0 Å². The van der Waals surface area contributed by atoms with Gasteiger partial charge in [-0.2, -0.15) is 0 Å². The van der Waals surface area contributed by atoms with E-state index in [1.165, 1.54) is 76.5 Å². The van der Waals surface area contributed by atoms with Crippen LogP contribution >= 0.6 is 0 Å². The average molecular weight is 582 g/mol. The van der Waals surface area contributed by atoms with E-state index in [2.05, 4.69) is 175 Å². The van der Waals surface area contributed by atoms with Gasteiger partial charge in [0, 0.05) is 0 Å². The molecule has 7 rings (SSSR count). The van der Waals surface area contributed by atoms with Crippen LogP contribution in [0.15, 0.2) is 127 Å². The summed E-state index contributed by atoms with van der Waals surface area (Å²) in [5.41, 5.74) is 12.8. The van der Waals surface area contributed by atoms with Crippen molar-refractivity contribution in [3.05, 3.63) is 182 Å². The molecule has 0 aliphatic heterocycles. The van der Waals surface area contributed by atoms with Crippen molar-refractivity contribution < 1.29 is 0 Å². The van der Waals surface area contributed by atoms with Crippen LogP contribution < -0.4 is 10.4 Å². The molecule has 0 nitrogen and oxygen atoms in total. The van der Waals surface area contributed by atoms with Gasteiger partial charge < -0.3 is 0 Å². The summed E-state index contributed by atoms with van der Waals surface area (Å²) >= 11 is 0. The van der Waals surface area contributed by atoms with Crippen molar-refractivity contribution in [3.63, 3.8) is 0 Å². The molecule has 0 saturated carbocycles. The van der Waals surface area contributed by atoms with Gasteiger partial charge in [0.05, 0.1) is 0 Å². The lowest BCUT2D eigenvalue weighted by molar-refractivity contribution is 0.589. The largest absolute Gasteiger partial charge is 0.0801 e. The predicted octanol–water partition coefficient (Wildman–Crippen LogP) is 9.85. The molecule has 0 heterocycles. The predicted molar refractivity (Wildman–Crippen MR) is 191 cm³/mol. The minimum atomic E-state index is -0.140. The lowest BCUT2D eigenvalue weighted by atomic mass is 9.73. The van der Waals surface area contributed by atoms with Gasteiger partial charge in [-0.1, -0.05) is 163 Å². The van der Waals surface area contributed by atoms with Crippen LogP contribution in [-0.2, 0) is 10.8 Å². The lowest BCUT2D eigenvalue weighted by Gasteiger charge is -2.30. The van der Waals surface area contributed by atoms with Crippen LogP contribution in [0.2, 0.25) is 0 Å². The maximum absolute atomic E-state index is 4.04. The maximum Gasteiger partial charge on any atom is -0.000487 e. The molecular formula is C45H41. The fourth-order valence-corrected chi connectivity index (χ4v) is 7.12. The molecule has 0 aromatic heterocycles. The smallest absolute Gasteiger partial charge is 0.000487 e. The fourth-order valence-electron chi connectivity index (χ4n) is 7.12. The molecule has 0 atom stereocenters. The normalized spacial score (nSPS) is 13.7. The molecule has 0 heteroatoms. The van der Waals surface area contributed by atoms with E-state index in [-0.39, 0.29) is 10.8 Å². The van der Waals surface area contributed by atoms with Crippen molar-refractivity contribution >= 4 is 17.2 Å². The molecule has 0 N–H and O–H groups in total. The summed E-state index contributed by atoms with van der Waals surface area (Å²) in [6.07, 6.45) is 11.8. The van der Waals surface area contributed by atoms with Gasteiger partial charge in [-0.25, -0.2) is 0 Å². The average Bonchev–Trinajstić information content (AvgIpc) is 3.70. The van der Waals surface area contributed by atoms with E-state index in [0.29, 0.717) is 0 Å². The standard InChI is InChI=1S/C45H41/c1-44(2,3)35-26-27-36-34(28-35)29-37-39(32-24-16-17-25-32)43(45(4,5)6)40(33-22-14-9-15-23-33)42(41(36)37)38(30-18-10-7-11-19-30)31-20-12-8-13-21-31/h7-24,26-28H,25H2,1-6H3. The van der Waals surface area contributed by atoms with Gasteiger partial charge in [-0.05, 0) is 106 Å². The molecule has 2 aliphatic rings. The first kappa shape index (κ1) is 29.1. The second kappa shape index (κ2) is 11.0. The Kier molecular flexibility index (Phi) is 7.13. The molecule has 5 aromatic carbocycles. The van der Waals surface area contributed by atoms with E-state index in [1.807, 2.05) is 0 Å². The zero-order chi connectivity index (χ0) is 31.3. The Morgan fingerprint density at radius 3 is 1.78 bits per heavy atom. The van der Waals surface area contributed by atoms with Gasteiger partial charge in [0.25, 0.3) is 0 Å². The first-order valence-corrected chi connectivity index (χ1v) is 16.2. The molecule has 221 valence electrons. The van der Waals surface area contributed by atoms with Crippen molar-refractivity contribution in [1.29, 1.82) is 0 Å². The molecule has 0 bridgehead atoms. The second-order valence-electron chi connectivity index (χ2n) is 14.4. The Morgan fingerprint density at radius 1 is 0.644 bits per heavy atom. The Bertz CT molecular complexity index is 2160. The molecule has 0 amide bonds. The molecule has 0 saturated heterocycles. The minimum absolute atomic E-state index is 0.0478. The van der Waals surface area contributed by atoms with Gasteiger partial charge in [0.15, 0.2) is 0 Å². The van der Waals surface area contributed by atoms with Gasteiger partial charge in [-0.15, -0.1) is 0 Å². The number of hydrogen-bond donors (Lipinski definition) is 0. The lowest BCUT2D eigenvalue weighted by Crippen LogP contribution is -2.26. The van der Waals surface area contributed by atoms with Crippen molar-refractivity contribution in [2.75, 3.05) is 0 Å². The zero-order valence-electron chi connectivity index (χ0n) is 27.3. The first-order chi connectivity index (χ1) is 21.6. The molecular weight excluding hydrogens is 540 g/mol. The van der Waals surface area contributed by atoms with Gasteiger partial charge >= 0.3 is 0 Å². The Labute approximate surface area is 268 Å². The highest BCUT2D eigenvalue weighted by Crippen LogP contribution is 2.42. The third-order valence-corrected chi connectivity index (χ3v) is 9.19. The van der Waals surface area contributed by atoms with Crippen molar-refractivity contribution in [2.24, 2.45) is 0 Å². The zero-order valence-corrected chi connectivity index (χ0v) is 27.3. The summed E-state index contributed by atoms with van der Waals surface area (Å²) in [6.45, 7) is 14.0. The molecule has 45 heavy (non-hydrogen) atoms. The minimum Gasteiger partial charge on any atom is -0.0801 e. The quantitative estimate of drug-likeness (QED) is 0.194. The molecule has 5 aromatic rings. The van der Waals surface area contributed by atoms with Crippen LogP contribution in [0.5, 0.6) is 0 Å². The SMILES string of the molecule is CC(C)(C)c1ccc2c(c1)=[C]c1c(C3=CC=CC3)c(C(C)(C)C)c(-c3ccccc3)c(=C(c3ccccc3)c3ccccc3)c1=2. The topological polar surface area (TPSA) is 0 Å². The summed E-state index contributed by atoms with van der Waals surface area (Å²) in [5, 5.41) is 5.05. The highest BCUT2D eigenvalue weighted by Gasteiger charge is 2.31. The van der Waals surface area contributed by atoms with E-state index < -0.39 is 0 Å². The van der Waals surface area contributed by atoms with Crippen molar-refractivity contribution in [2.45, 2.75) is 58.8 Å². The van der Waals surface area contributed by atoms with E-state index in [0.717, 1.165) is 6.42 Å². The van der Waals surface area contributed by atoms with Crippen LogP contribution in [0, 0.1) is 10.4 Å². The molecule has 0 unspecified atom stereocenters. The maximum atomic E-state index is 4.04. The van der Waals surface area contributed by atoms with Gasteiger partial charge in [0.2, 0.25) is 0 Å². The Balaban J connectivity index is 1.87. The first-order valence-electron chi connectivity index (χ1n) is 16.2. The molecule has 1 radical (unpaired) electrons. The van der Waals surface area contributed by atoms with E-state index in [1.54, 1.807) is 0 Å². The third-order valence-electron chi connectivity index (χ3n) is 9.19. The number of benzene rings is 5. The Morgan fingerprint density at radius 2 is 1.24 bits per heavy atom. The molecule has 0 spiro atoms. The summed E-state index contributed by atoms with van der Waals surface area (Å²) in [5.74, 6) is 0. The van der Waals surface area contributed by atoms with E-state index in [4.69, 9.17) is 0 Å². The van der Waals surface area contributed by atoms with Gasteiger partial charge in [0.1, 0.15) is 0 Å². The fraction of sp³-hybridized carbons (Fsp3) is 0.200. The monoisotopic (exact) mass is 581 g/mol. The van der Waals surface area contributed by atoms with E-state index in [9.17, 15) is 0 Å². The van der Waals surface area contributed by atoms with E-state index >= 15 is 0 Å². The third kappa shape index (κ3) is 5.13. The van der Waals surface area contributed by atoms with Crippen molar-refractivity contribution in [3.8, 4) is 11.1 Å². The number of rotatable bonds is 4. The van der Waals surface area contributed by atoms with Crippen LogP contribution in [0.1, 0.15) is 81.3 Å². The molecule has 0 fully saturated rings. The number of allylic oxidation sites excluding steroid dienone is 4. The van der Waals surface area contributed by atoms with Crippen LogP contribution in [0.25, 0.3) is 28.3 Å². The summed E-state index contributed by atoms with van der Waals surface area (Å²) < 4.78 is 0. The summed E-state index contributed by atoms with van der Waals surface area (Å²) in [4.78, 5) is 0. The van der Waals surface area contributed by atoms with Crippen LogP contribution in [-0.4, -0.2) is 0 Å². The highest BCUT2D eigenvalue weighted by atomic mass is 14.3. The van der Waals surface area contributed by atoms with Crippen LogP contribution in [0.3, 0.4) is 0 Å². The van der Waals surface area contributed by atoms with Gasteiger partial charge in [-0.3, -0.25) is 0 Å².